The highest BCUT2D eigenvalue weighted by Gasteiger charge is 1.91. The summed E-state index contributed by atoms with van der Waals surface area (Å²) in [5, 5.41) is 3.02. The number of aliphatic imine (C=N–C) groups is 1. The number of nitrogens with zero attached hydrogens (tertiary/aromatic N) is 3. The Bertz CT molecular complexity index is 265. The normalized spacial score (nSPS) is 11.6. The van der Waals surface area contributed by atoms with E-state index in [1.165, 1.54) is 0 Å². The quantitative estimate of drug-likeness (QED) is 0.400. The number of imidazole rings is 1. The third kappa shape index (κ3) is 3.93. The van der Waals surface area contributed by atoms with Crippen LogP contribution in [0.15, 0.2) is 23.7 Å². The first kappa shape index (κ1) is 10.6. The molecule has 1 rings (SSSR count). The molecule has 0 unspecified atom stereocenters. The van der Waals surface area contributed by atoms with E-state index in [9.17, 15) is 0 Å². The molecule has 0 amide bonds. The number of aromatic nitrogens is 2. The van der Waals surface area contributed by atoms with Gasteiger partial charge in [-0.05, 0) is 12.8 Å². The average molecular weight is 195 g/mol. The van der Waals surface area contributed by atoms with Gasteiger partial charge in [0, 0.05) is 32.5 Å². The predicted octanol–water partition coefficient (Wildman–Crippen LogP) is 0.197. The average Bonchev–Trinajstić information content (AvgIpc) is 2.69. The van der Waals surface area contributed by atoms with Crippen LogP contribution in [0, 0.1) is 0 Å². The van der Waals surface area contributed by atoms with Crippen molar-refractivity contribution in [1.29, 1.82) is 0 Å². The SMILES string of the molecule is CN=C(N)NCCCCn1ccnc1. The molecule has 0 aliphatic carbocycles. The number of hydrogen-bond acceptors (Lipinski definition) is 2. The van der Waals surface area contributed by atoms with Crippen molar-refractivity contribution >= 4 is 5.96 Å². The number of nitrogens with one attached hydrogen (secondary N) is 1. The summed E-state index contributed by atoms with van der Waals surface area (Å²) in [6.45, 7) is 1.88. The Labute approximate surface area is 84.0 Å². The lowest BCUT2D eigenvalue weighted by Crippen LogP contribution is -2.32. The highest BCUT2D eigenvalue weighted by atomic mass is 15.1. The van der Waals surface area contributed by atoms with Crippen molar-refractivity contribution in [2.24, 2.45) is 10.7 Å². The lowest BCUT2D eigenvalue weighted by Gasteiger charge is -2.04. The minimum Gasteiger partial charge on any atom is -0.370 e. The summed E-state index contributed by atoms with van der Waals surface area (Å²) >= 11 is 0. The summed E-state index contributed by atoms with van der Waals surface area (Å²) < 4.78 is 2.07. The molecule has 1 aromatic rings. The topological polar surface area (TPSA) is 68.2 Å². The number of aryl methyl sites for hydroxylation is 1. The Kier molecular flexibility index (Phi) is 4.54. The predicted molar refractivity (Wildman–Crippen MR) is 57.0 cm³/mol. The zero-order valence-corrected chi connectivity index (χ0v) is 8.48. The zero-order chi connectivity index (χ0) is 10.2. The van der Waals surface area contributed by atoms with E-state index in [-0.39, 0.29) is 0 Å². The Morgan fingerprint density at radius 1 is 1.57 bits per heavy atom. The van der Waals surface area contributed by atoms with E-state index in [0.29, 0.717) is 5.96 Å². The molecule has 0 aliphatic rings. The van der Waals surface area contributed by atoms with E-state index in [0.717, 1.165) is 25.9 Å². The smallest absolute Gasteiger partial charge is 0.188 e. The molecule has 3 N–H and O–H groups in total. The molecule has 0 atom stereocenters. The third-order valence-electron chi connectivity index (χ3n) is 1.95. The Morgan fingerprint density at radius 3 is 3.07 bits per heavy atom. The largest absolute Gasteiger partial charge is 0.370 e. The van der Waals surface area contributed by atoms with Gasteiger partial charge in [0.05, 0.1) is 6.33 Å². The minimum atomic E-state index is 0.507. The molecular weight excluding hydrogens is 178 g/mol. The molecule has 0 fully saturated rings. The molecule has 1 aromatic heterocycles. The second-order valence-corrected chi connectivity index (χ2v) is 3.04. The number of rotatable bonds is 5. The molecule has 14 heavy (non-hydrogen) atoms. The van der Waals surface area contributed by atoms with Gasteiger partial charge in [-0.3, -0.25) is 4.99 Å². The molecule has 0 bridgehead atoms. The maximum Gasteiger partial charge on any atom is 0.188 e. The van der Waals surface area contributed by atoms with Crippen LogP contribution in [0.3, 0.4) is 0 Å². The van der Waals surface area contributed by atoms with E-state index < -0.39 is 0 Å². The van der Waals surface area contributed by atoms with Crippen LogP contribution in [0.2, 0.25) is 0 Å². The first-order valence-corrected chi connectivity index (χ1v) is 4.75. The second kappa shape index (κ2) is 6.01. The Hall–Kier alpha value is -1.52. The van der Waals surface area contributed by atoms with Gasteiger partial charge in [0.2, 0.25) is 0 Å². The van der Waals surface area contributed by atoms with Crippen molar-refractivity contribution in [2.75, 3.05) is 13.6 Å². The van der Waals surface area contributed by atoms with E-state index >= 15 is 0 Å². The van der Waals surface area contributed by atoms with Gasteiger partial charge in [0.25, 0.3) is 0 Å². The Balaban J connectivity index is 2.00. The number of guanidine groups is 1. The summed E-state index contributed by atoms with van der Waals surface area (Å²) in [4.78, 5) is 7.77. The highest BCUT2D eigenvalue weighted by molar-refractivity contribution is 5.77. The van der Waals surface area contributed by atoms with E-state index in [1.807, 2.05) is 12.5 Å². The van der Waals surface area contributed by atoms with E-state index in [4.69, 9.17) is 5.73 Å². The molecule has 78 valence electrons. The van der Waals surface area contributed by atoms with Crippen molar-refractivity contribution in [3.8, 4) is 0 Å². The van der Waals surface area contributed by atoms with Crippen LogP contribution < -0.4 is 11.1 Å². The first-order valence-electron chi connectivity index (χ1n) is 4.75. The molecule has 0 saturated carbocycles. The summed E-state index contributed by atoms with van der Waals surface area (Å²) in [7, 11) is 1.67. The monoisotopic (exact) mass is 195 g/mol. The van der Waals surface area contributed by atoms with Crippen LogP contribution in [-0.4, -0.2) is 29.1 Å². The van der Waals surface area contributed by atoms with Gasteiger partial charge in [0.15, 0.2) is 5.96 Å². The summed E-state index contributed by atoms with van der Waals surface area (Å²) in [6, 6.07) is 0. The molecule has 0 saturated heterocycles. The summed E-state index contributed by atoms with van der Waals surface area (Å²) in [5.41, 5.74) is 5.47. The van der Waals surface area contributed by atoms with Crippen molar-refractivity contribution < 1.29 is 0 Å². The molecule has 0 spiro atoms. The fourth-order valence-electron chi connectivity index (χ4n) is 1.13. The number of nitrogens with two attached hydrogens (primary N) is 1. The summed E-state index contributed by atoms with van der Waals surface area (Å²) in [5.74, 6) is 0.507. The van der Waals surface area contributed by atoms with Crippen molar-refractivity contribution in [3.05, 3.63) is 18.7 Å². The first-order chi connectivity index (χ1) is 6.83. The fourth-order valence-corrected chi connectivity index (χ4v) is 1.13. The molecule has 0 aliphatic heterocycles. The maximum absolute atomic E-state index is 5.47. The Morgan fingerprint density at radius 2 is 2.43 bits per heavy atom. The lowest BCUT2D eigenvalue weighted by atomic mass is 10.3. The molecule has 0 radical (unpaired) electrons. The van der Waals surface area contributed by atoms with Crippen molar-refractivity contribution in [2.45, 2.75) is 19.4 Å². The van der Waals surface area contributed by atoms with Crippen LogP contribution in [0.25, 0.3) is 0 Å². The molecule has 5 nitrogen and oxygen atoms in total. The fraction of sp³-hybridized carbons (Fsp3) is 0.556. The summed E-state index contributed by atoms with van der Waals surface area (Å²) in [6.07, 6.45) is 7.78. The van der Waals surface area contributed by atoms with E-state index in [1.54, 1.807) is 13.2 Å². The van der Waals surface area contributed by atoms with Crippen LogP contribution in [0.1, 0.15) is 12.8 Å². The standard InChI is InChI=1S/C9H17N5/c1-11-9(10)13-4-2-3-6-14-7-5-12-8-14/h5,7-8H,2-4,6H2,1H3,(H3,10,11,13). The second-order valence-electron chi connectivity index (χ2n) is 3.04. The van der Waals surface area contributed by atoms with Crippen molar-refractivity contribution in [3.63, 3.8) is 0 Å². The van der Waals surface area contributed by atoms with Gasteiger partial charge in [-0.1, -0.05) is 0 Å². The maximum atomic E-state index is 5.47. The van der Waals surface area contributed by atoms with Crippen LogP contribution in [0.4, 0.5) is 0 Å². The molecule has 1 heterocycles. The number of hydrogen-bond donors (Lipinski definition) is 2. The van der Waals surface area contributed by atoms with Crippen LogP contribution in [0.5, 0.6) is 0 Å². The third-order valence-corrected chi connectivity index (χ3v) is 1.95. The lowest BCUT2D eigenvalue weighted by molar-refractivity contribution is 0.601. The van der Waals surface area contributed by atoms with Gasteiger partial charge in [-0.15, -0.1) is 0 Å². The van der Waals surface area contributed by atoms with E-state index in [2.05, 4.69) is 19.9 Å². The van der Waals surface area contributed by atoms with Gasteiger partial charge in [0.1, 0.15) is 0 Å². The molecule has 0 aromatic carbocycles. The molecule has 5 heteroatoms. The highest BCUT2D eigenvalue weighted by Crippen LogP contribution is 1.93. The van der Waals surface area contributed by atoms with Gasteiger partial charge >= 0.3 is 0 Å². The zero-order valence-electron chi connectivity index (χ0n) is 8.48. The van der Waals surface area contributed by atoms with Crippen molar-refractivity contribution in [1.82, 2.24) is 14.9 Å². The van der Waals surface area contributed by atoms with Crippen LogP contribution >= 0.6 is 0 Å². The van der Waals surface area contributed by atoms with Gasteiger partial charge in [-0.2, -0.15) is 0 Å². The molecular formula is C9H17N5. The minimum absolute atomic E-state index is 0.507. The van der Waals surface area contributed by atoms with Gasteiger partial charge < -0.3 is 15.6 Å². The van der Waals surface area contributed by atoms with Crippen LogP contribution in [-0.2, 0) is 6.54 Å². The van der Waals surface area contributed by atoms with Gasteiger partial charge in [-0.25, -0.2) is 4.98 Å². The number of unbranched alkanes of at least 4 members (excludes halogenated alkanes) is 1.